The van der Waals surface area contributed by atoms with Crippen molar-refractivity contribution in [2.75, 3.05) is 5.32 Å². The molecule has 1 aliphatic rings. The number of nitrogens with one attached hydrogen (secondary N) is 2. The van der Waals surface area contributed by atoms with Gasteiger partial charge in [0.15, 0.2) is 0 Å². The van der Waals surface area contributed by atoms with Gasteiger partial charge in [-0.05, 0) is 75.9 Å². The summed E-state index contributed by atoms with van der Waals surface area (Å²) in [5.41, 5.74) is 0.720. The molecule has 2 N–H and O–H groups in total. The van der Waals surface area contributed by atoms with Gasteiger partial charge in [0.1, 0.15) is 11.5 Å². The SMILES string of the molecule is CC(C)S(=O)(=O)NC1CCC(C(=O)Nc2ccc(Oc3ccccc3)cc2)CC1. The zero-order valence-corrected chi connectivity index (χ0v) is 17.6. The number of anilines is 1. The highest BCUT2D eigenvalue weighted by atomic mass is 32.2. The van der Waals surface area contributed by atoms with Gasteiger partial charge in [-0.15, -0.1) is 0 Å². The second-order valence-corrected chi connectivity index (χ2v) is 9.96. The molecule has 156 valence electrons. The predicted molar refractivity (Wildman–Crippen MR) is 115 cm³/mol. The molecule has 0 spiro atoms. The fourth-order valence-corrected chi connectivity index (χ4v) is 4.29. The Hall–Kier alpha value is -2.38. The molecule has 0 bridgehead atoms. The summed E-state index contributed by atoms with van der Waals surface area (Å²) in [5.74, 6) is 1.34. The molecule has 1 saturated carbocycles. The molecule has 0 atom stereocenters. The van der Waals surface area contributed by atoms with Crippen molar-refractivity contribution in [3.05, 3.63) is 54.6 Å². The van der Waals surface area contributed by atoms with Crippen LogP contribution in [0.2, 0.25) is 0 Å². The van der Waals surface area contributed by atoms with E-state index in [9.17, 15) is 13.2 Å². The van der Waals surface area contributed by atoms with Crippen molar-refractivity contribution >= 4 is 21.6 Å². The Labute approximate surface area is 172 Å². The highest BCUT2D eigenvalue weighted by Gasteiger charge is 2.29. The van der Waals surface area contributed by atoms with E-state index in [0.29, 0.717) is 31.4 Å². The van der Waals surface area contributed by atoms with Crippen LogP contribution in [0.25, 0.3) is 0 Å². The van der Waals surface area contributed by atoms with E-state index >= 15 is 0 Å². The lowest BCUT2D eigenvalue weighted by Crippen LogP contribution is -2.42. The summed E-state index contributed by atoms with van der Waals surface area (Å²) < 4.78 is 32.5. The lowest BCUT2D eigenvalue weighted by Gasteiger charge is -2.28. The maximum atomic E-state index is 12.6. The Morgan fingerprint density at radius 1 is 0.931 bits per heavy atom. The van der Waals surface area contributed by atoms with Gasteiger partial charge in [0.25, 0.3) is 0 Å². The Balaban J connectivity index is 1.48. The molecular formula is C22H28N2O4S. The zero-order valence-electron chi connectivity index (χ0n) is 16.8. The zero-order chi connectivity index (χ0) is 20.9. The number of carbonyl (C=O) groups is 1. The van der Waals surface area contributed by atoms with Crippen LogP contribution >= 0.6 is 0 Å². The number of hydrogen-bond acceptors (Lipinski definition) is 4. The van der Waals surface area contributed by atoms with E-state index in [2.05, 4.69) is 10.0 Å². The van der Waals surface area contributed by atoms with Crippen LogP contribution in [-0.4, -0.2) is 25.6 Å². The number of sulfonamides is 1. The third-order valence-electron chi connectivity index (χ3n) is 5.15. The maximum absolute atomic E-state index is 12.6. The molecule has 1 aliphatic carbocycles. The minimum absolute atomic E-state index is 0.0214. The minimum atomic E-state index is -3.27. The number of para-hydroxylation sites is 1. The number of amides is 1. The molecule has 3 rings (SSSR count). The van der Waals surface area contributed by atoms with Crippen molar-refractivity contribution < 1.29 is 17.9 Å². The van der Waals surface area contributed by atoms with E-state index in [-0.39, 0.29) is 17.9 Å². The largest absolute Gasteiger partial charge is 0.457 e. The van der Waals surface area contributed by atoms with Crippen molar-refractivity contribution in [2.45, 2.75) is 50.8 Å². The summed E-state index contributed by atoms with van der Waals surface area (Å²) in [6.07, 6.45) is 2.69. The molecule has 2 aromatic rings. The Morgan fingerprint density at radius 3 is 2.10 bits per heavy atom. The van der Waals surface area contributed by atoms with Crippen molar-refractivity contribution in [1.29, 1.82) is 0 Å². The van der Waals surface area contributed by atoms with E-state index in [1.807, 2.05) is 54.6 Å². The van der Waals surface area contributed by atoms with Gasteiger partial charge in [-0.2, -0.15) is 0 Å². The first-order valence-electron chi connectivity index (χ1n) is 9.98. The highest BCUT2D eigenvalue weighted by molar-refractivity contribution is 7.90. The molecule has 2 aromatic carbocycles. The summed E-state index contributed by atoms with van der Waals surface area (Å²) >= 11 is 0. The molecule has 0 aliphatic heterocycles. The van der Waals surface area contributed by atoms with Crippen LogP contribution in [0.1, 0.15) is 39.5 Å². The fourth-order valence-electron chi connectivity index (χ4n) is 3.32. The smallest absolute Gasteiger partial charge is 0.227 e. The van der Waals surface area contributed by atoms with E-state index in [1.54, 1.807) is 13.8 Å². The highest BCUT2D eigenvalue weighted by Crippen LogP contribution is 2.27. The first kappa shape index (κ1) is 21.3. The molecule has 0 unspecified atom stereocenters. The number of ether oxygens (including phenoxy) is 1. The molecule has 29 heavy (non-hydrogen) atoms. The topological polar surface area (TPSA) is 84.5 Å². The first-order valence-corrected chi connectivity index (χ1v) is 11.5. The monoisotopic (exact) mass is 416 g/mol. The standard InChI is InChI=1S/C22H28N2O4S/c1-16(2)29(26,27)24-19-10-8-17(9-11-19)22(25)23-18-12-14-21(15-13-18)28-20-6-4-3-5-7-20/h3-7,12-17,19,24H,8-11H2,1-2H3,(H,23,25). The lowest BCUT2D eigenvalue weighted by atomic mass is 9.86. The summed E-state index contributed by atoms with van der Waals surface area (Å²) in [6.45, 7) is 3.33. The molecule has 0 aromatic heterocycles. The molecule has 7 heteroatoms. The molecule has 0 saturated heterocycles. The minimum Gasteiger partial charge on any atom is -0.457 e. The number of benzene rings is 2. The van der Waals surface area contributed by atoms with Crippen LogP contribution in [0, 0.1) is 5.92 Å². The molecular weight excluding hydrogens is 388 g/mol. The van der Waals surface area contributed by atoms with Crippen molar-refractivity contribution in [2.24, 2.45) is 5.92 Å². The summed E-state index contributed by atoms with van der Waals surface area (Å²) in [5, 5.41) is 2.50. The molecule has 0 heterocycles. The van der Waals surface area contributed by atoms with Crippen LogP contribution in [0.5, 0.6) is 11.5 Å². The first-order chi connectivity index (χ1) is 13.8. The number of carbonyl (C=O) groups excluding carboxylic acids is 1. The second-order valence-electron chi connectivity index (χ2n) is 7.69. The fraction of sp³-hybridized carbons (Fsp3) is 0.409. The maximum Gasteiger partial charge on any atom is 0.227 e. The van der Waals surface area contributed by atoms with Crippen LogP contribution in [0.4, 0.5) is 5.69 Å². The van der Waals surface area contributed by atoms with Crippen molar-refractivity contribution in [1.82, 2.24) is 4.72 Å². The summed E-state index contributed by atoms with van der Waals surface area (Å²) in [7, 11) is -3.27. The van der Waals surface area contributed by atoms with Crippen LogP contribution in [-0.2, 0) is 14.8 Å². The third kappa shape index (κ3) is 6.05. The van der Waals surface area contributed by atoms with Gasteiger partial charge in [-0.1, -0.05) is 18.2 Å². The number of rotatable bonds is 7. The van der Waals surface area contributed by atoms with Gasteiger partial charge >= 0.3 is 0 Å². The second kappa shape index (κ2) is 9.41. The molecule has 1 fully saturated rings. The molecule has 6 nitrogen and oxygen atoms in total. The van der Waals surface area contributed by atoms with Crippen LogP contribution in [0.15, 0.2) is 54.6 Å². The van der Waals surface area contributed by atoms with Gasteiger partial charge < -0.3 is 10.1 Å². The molecule has 0 radical (unpaired) electrons. The van der Waals surface area contributed by atoms with Gasteiger partial charge in [0.05, 0.1) is 5.25 Å². The molecule has 1 amide bonds. The van der Waals surface area contributed by atoms with Gasteiger partial charge in [-0.3, -0.25) is 4.79 Å². The van der Waals surface area contributed by atoms with Crippen molar-refractivity contribution in [3.63, 3.8) is 0 Å². The quantitative estimate of drug-likeness (QED) is 0.705. The van der Waals surface area contributed by atoms with Crippen molar-refractivity contribution in [3.8, 4) is 11.5 Å². The Morgan fingerprint density at radius 2 is 1.52 bits per heavy atom. The average Bonchev–Trinajstić information content (AvgIpc) is 2.70. The number of hydrogen-bond donors (Lipinski definition) is 2. The van der Waals surface area contributed by atoms with Gasteiger partial charge in [0.2, 0.25) is 15.9 Å². The summed E-state index contributed by atoms with van der Waals surface area (Å²) in [4.78, 5) is 12.6. The third-order valence-corrected chi connectivity index (χ3v) is 7.05. The summed E-state index contributed by atoms with van der Waals surface area (Å²) in [6, 6.07) is 16.7. The van der Waals surface area contributed by atoms with E-state index < -0.39 is 15.3 Å². The normalized spacial score (nSPS) is 19.7. The average molecular weight is 417 g/mol. The van der Waals surface area contributed by atoms with Crippen LogP contribution in [0.3, 0.4) is 0 Å². The van der Waals surface area contributed by atoms with E-state index in [1.165, 1.54) is 0 Å². The van der Waals surface area contributed by atoms with Gasteiger partial charge in [-0.25, -0.2) is 13.1 Å². The Bertz CT molecular complexity index is 904. The van der Waals surface area contributed by atoms with Gasteiger partial charge in [0, 0.05) is 17.6 Å². The Kier molecular flexibility index (Phi) is 6.92. The van der Waals surface area contributed by atoms with Crippen LogP contribution < -0.4 is 14.8 Å². The lowest BCUT2D eigenvalue weighted by molar-refractivity contribution is -0.120. The predicted octanol–water partition coefficient (Wildman–Crippen LogP) is 4.30. The van der Waals surface area contributed by atoms with E-state index in [4.69, 9.17) is 4.74 Å². The van der Waals surface area contributed by atoms with E-state index in [0.717, 1.165) is 11.4 Å².